The van der Waals surface area contributed by atoms with Gasteiger partial charge in [0.15, 0.2) is 0 Å². The molecule has 0 heterocycles. The maximum absolute atomic E-state index is 12.4. The van der Waals surface area contributed by atoms with E-state index in [1.54, 1.807) is 6.07 Å². The molecule has 3 nitrogen and oxygen atoms in total. The van der Waals surface area contributed by atoms with Gasteiger partial charge in [-0.15, -0.1) is 0 Å². The molecule has 1 aromatic rings. The van der Waals surface area contributed by atoms with E-state index in [0.717, 1.165) is 12.1 Å². The van der Waals surface area contributed by atoms with E-state index in [9.17, 15) is 18.0 Å². The van der Waals surface area contributed by atoms with Crippen molar-refractivity contribution in [3.05, 3.63) is 35.4 Å². The zero-order valence-electron chi connectivity index (χ0n) is 9.27. The standard InChI is InChI=1S/C11H13F3N2O/c1-15-10(17)16-6-5-8-3-2-4-9(7-8)11(12,13)14/h2-4,7H,5-6H2,1H3,(H2,15,16,17). The number of halogens is 3. The van der Waals surface area contributed by atoms with Crippen LogP contribution < -0.4 is 10.6 Å². The maximum atomic E-state index is 12.4. The van der Waals surface area contributed by atoms with Gasteiger partial charge in [0.05, 0.1) is 5.56 Å². The largest absolute Gasteiger partial charge is 0.416 e. The number of hydrogen-bond acceptors (Lipinski definition) is 1. The third kappa shape index (κ3) is 4.34. The van der Waals surface area contributed by atoms with Crippen LogP contribution in [-0.2, 0) is 12.6 Å². The topological polar surface area (TPSA) is 41.1 Å². The number of benzene rings is 1. The summed E-state index contributed by atoms with van der Waals surface area (Å²) in [6.07, 6.45) is -3.97. The van der Waals surface area contributed by atoms with Crippen molar-refractivity contribution in [1.29, 1.82) is 0 Å². The first kappa shape index (κ1) is 13.3. The molecule has 0 fully saturated rings. The van der Waals surface area contributed by atoms with E-state index in [2.05, 4.69) is 10.6 Å². The lowest BCUT2D eigenvalue weighted by molar-refractivity contribution is -0.137. The van der Waals surface area contributed by atoms with Crippen molar-refractivity contribution in [1.82, 2.24) is 10.6 Å². The summed E-state index contributed by atoms with van der Waals surface area (Å²) in [4.78, 5) is 10.8. The predicted octanol–water partition coefficient (Wildman–Crippen LogP) is 2.18. The summed E-state index contributed by atoms with van der Waals surface area (Å²) in [6.45, 7) is 0.293. The van der Waals surface area contributed by atoms with Gasteiger partial charge in [0.2, 0.25) is 0 Å². The lowest BCUT2D eigenvalue weighted by Gasteiger charge is -2.09. The normalized spacial score (nSPS) is 11.1. The van der Waals surface area contributed by atoms with Crippen molar-refractivity contribution >= 4 is 6.03 Å². The van der Waals surface area contributed by atoms with Gasteiger partial charge in [0, 0.05) is 13.6 Å². The number of hydrogen-bond donors (Lipinski definition) is 2. The lowest BCUT2D eigenvalue weighted by Crippen LogP contribution is -2.34. The summed E-state index contributed by atoms with van der Waals surface area (Å²) in [7, 11) is 1.47. The Morgan fingerprint density at radius 2 is 2.06 bits per heavy atom. The van der Waals surface area contributed by atoms with Gasteiger partial charge in [-0.1, -0.05) is 18.2 Å². The van der Waals surface area contributed by atoms with E-state index >= 15 is 0 Å². The van der Waals surface area contributed by atoms with Gasteiger partial charge in [-0.25, -0.2) is 4.79 Å². The molecule has 0 spiro atoms. The number of carbonyl (C=O) groups is 1. The molecular formula is C11H13F3N2O. The smallest absolute Gasteiger partial charge is 0.341 e. The van der Waals surface area contributed by atoms with Gasteiger partial charge < -0.3 is 10.6 Å². The zero-order valence-corrected chi connectivity index (χ0v) is 9.27. The molecule has 94 valence electrons. The van der Waals surface area contributed by atoms with Gasteiger partial charge in [-0.05, 0) is 18.1 Å². The predicted molar refractivity (Wildman–Crippen MR) is 57.6 cm³/mol. The van der Waals surface area contributed by atoms with Crippen molar-refractivity contribution < 1.29 is 18.0 Å². The van der Waals surface area contributed by atoms with E-state index in [-0.39, 0.29) is 6.03 Å². The molecule has 0 saturated carbocycles. The van der Waals surface area contributed by atoms with E-state index < -0.39 is 11.7 Å². The van der Waals surface area contributed by atoms with Crippen LogP contribution in [0.5, 0.6) is 0 Å². The Morgan fingerprint density at radius 1 is 1.35 bits per heavy atom. The summed E-state index contributed by atoms with van der Waals surface area (Å²) in [5.74, 6) is 0. The summed E-state index contributed by atoms with van der Waals surface area (Å²) in [6, 6.07) is 4.72. The minimum atomic E-state index is -4.33. The first-order valence-electron chi connectivity index (χ1n) is 5.05. The average Bonchev–Trinajstić information content (AvgIpc) is 2.28. The van der Waals surface area contributed by atoms with Crippen molar-refractivity contribution in [3.63, 3.8) is 0 Å². The van der Waals surface area contributed by atoms with Crippen LogP contribution in [0.2, 0.25) is 0 Å². The maximum Gasteiger partial charge on any atom is 0.416 e. The van der Waals surface area contributed by atoms with E-state index in [1.807, 2.05) is 0 Å². The van der Waals surface area contributed by atoms with Gasteiger partial charge in [-0.2, -0.15) is 13.2 Å². The molecule has 0 saturated heterocycles. The SMILES string of the molecule is CNC(=O)NCCc1cccc(C(F)(F)F)c1. The highest BCUT2D eigenvalue weighted by atomic mass is 19.4. The summed E-state index contributed by atoms with van der Waals surface area (Å²) >= 11 is 0. The fourth-order valence-electron chi connectivity index (χ4n) is 1.31. The second-order valence-corrected chi connectivity index (χ2v) is 3.45. The van der Waals surface area contributed by atoms with Gasteiger partial charge in [0.25, 0.3) is 0 Å². The summed E-state index contributed by atoms with van der Waals surface area (Å²) < 4.78 is 37.2. The highest BCUT2D eigenvalue weighted by Crippen LogP contribution is 2.29. The highest BCUT2D eigenvalue weighted by Gasteiger charge is 2.30. The second-order valence-electron chi connectivity index (χ2n) is 3.45. The molecule has 1 rings (SSSR count). The van der Waals surface area contributed by atoms with Crippen LogP contribution in [0.25, 0.3) is 0 Å². The highest BCUT2D eigenvalue weighted by molar-refractivity contribution is 5.73. The molecule has 0 radical (unpaired) electrons. The van der Waals surface area contributed by atoms with Crippen LogP contribution in [0.1, 0.15) is 11.1 Å². The van der Waals surface area contributed by atoms with Gasteiger partial charge in [-0.3, -0.25) is 0 Å². The Labute approximate surface area is 97.0 Å². The first-order valence-corrected chi connectivity index (χ1v) is 5.05. The minimum Gasteiger partial charge on any atom is -0.341 e. The van der Waals surface area contributed by atoms with E-state index in [0.29, 0.717) is 18.5 Å². The number of nitrogens with one attached hydrogen (secondary N) is 2. The van der Waals surface area contributed by atoms with Crippen molar-refractivity contribution in [2.45, 2.75) is 12.6 Å². The number of amides is 2. The summed E-state index contributed by atoms with van der Waals surface area (Å²) in [5.41, 5.74) is -0.133. The Balaban J connectivity index is 2.58. The third-order valence-electron chi connectivity index (χ3n) is 2.18. The average molecular weight is 246 g/mol. The number of rotatable bonds is 3. The molecule has 0 atom stereocenters. The summed E-state index contributed by atoms with van der Waals surface area (Å²) in [5, 5.41) is 4.86. The van der Waals surface area contributed by atoms with Crippen LogP contribution >= 0.6 is 0 Å². The molecule has 2 amide bonds. The van der Waals surface area contributed by atoms with Crippen molar-refractivity contribution in [3.8, 4) is 0 Å². The molecule has 0 aliphatic rings. The van der Waals surface area contributed by atoms with Crippen molar-refractivity contribution in [2.24, 2.45) is 0 Å². The molecule has 0 aromatic heterocycles. The monoisotopic (exact) mass is 246 g/mol. The fourth-order valence-corrected chi connectivity index (χ4v) is 1.31. The molecule has 0 unspecified atom stereocenters. The third-order valence-corrected chi connectivity index (χ3v) is 2.18. The molecule has 0 aliphatic heterocycles. The molecule has 0 bridgehead atoms. The minimum absolute atomic E-state index is 0.293. The fraction of sp³-hybridized carbons (Fsp3) is 0.364. The van der Waals surface area contributed by atoms with Crippen LogP contribution in [0.4, 0.5) is 18.0 Å². The molecular weight excluding hydrogens is 233 g/mol. The van der Waals surface area contributed by atoms with E-state index in [4.69, 9.17) is 0 Å². The van der Waals surface area contributed by atoms with Gasteiger partial charge >= 0.3 is 12.2 Å². The molecule has 6 heteroatoms. The van der Waals surface area contributed by atoms with Crippen LogP contribution in [-0.4, -0.2) is 19.6 Å². The zero-order chi connectivity index (χ0) is 12.9. The molecule has 1 aromatic carbocycles. The Bertz CT molecular complexity index is 391. The van der Waals surface area contributed by atoms with Gasteiger partial charge in [0.1, 0.15) is 0 Å². The Hall–Kier alpha value is -1.72. The van der Waals surface area contributed by atoms with Crippen LogP contribution in [0, 0.1) is 0 Å². The molecule has 2 N–H and O–H groups in total. The number of carbonyl (C=O) groups excluding carboxylic acids is 1. The quantitative estimate of drug-likeness (QED) is 0.843. The van der Waals surface area contributed by atoms with Crippen LogP contribution in [0.3, 0.4) is 0 Å². The first-order chi connectivity index (χ1) is 7.93. The van der Waals surface area contributed by atoms with Crippen molar-refractivity contribution in [2.75, 3.05) is 13.6 Å². The second kappa shape index (κ2) is 5.56. The van der Waals surface area contributed by atoms with E-state index in [1.165, 1.54) is 13.1 Å². The number of urea groups is 1. The lowest BCUT2D eigenvalue weighted by atomic mass is 10.1. The molecule has 17 heavy (non-hydrogen) atoms. The number of alkyl halides is 3. The Kier molecular flexibility index (Phi) is 4.37. The van der Waals surface area contributed by atoms with Crippen LogP contribution in [0.15, 0.2) is 24.3 Å². The Morgan fingerprint density at radius 3 is 2.65 bits per heavy atom. The molecule has 0 aliphatic carbocycles.